The summed E-state index contributed by atoms with van der Waals surface area (Å²) in [6, 6.07) is 29.6. The number of fused-ring (bicyclic) bond motifs is 1. The standard InChI is InChI=1S/C37H35N3O3/c1-24-12-20-31(26(3)33(24)23-43-34-11-7-9-28-17-13-25(2)40-36(28)34)32-10-6-5-8-30(32)22-39-35(41)21-16-27-14-18-29(19-15-27)37(42)38-4/h5-21H,22-23H2,1-4H3,(H,38,42)(H,39,41). The number of carbonyl (C=O) groups excluding carboxylic acids is 2. The molecule has 4 aromatic carbocycles. The Hall–Kier alpha value is -5.23. The molecule has 0 atom stereocenters. The van der Waals surface area contributed by atoms with Crippen molar-refractivity contribution in [3.63, 3.8) is 0 Å². The zero-order chi connectivity index (χ0) is 30.3. The van der Waals surface area contributed by atoms with Gasteiger partial charge in [-0.2, -0.15) is 0 Å². The van der Waals surface area contributed by atoms with Crippen molar-refractivity contribution in [2.24, 2.45) is 0 Å². The van der Waals surface area contributed by atoms with Crippen molar-refractivity contribution < 1.29 is 14.3 Å². The summed E-state index contributed by atoms with van der Waals surface area (Å²) in [5, 5.41) is 6.66. The van der Waals surface area contributed by atoms with Gasteiger partial charge in [0.05, 0.1) is 0 Å². The number of pyridine rings is 1. The van der Waals surface area contributed by atoms with Crippen LogP contribution in [0.1, 0.15) is 43.9 Å². The number of hydrogen-bond acceptors (Lipinski definition) is 4. The number of rotatable bonds is 9. The average Bonchev–Trinajstić information content (AvgIpc) is 3.03. The second-order valence-corrected chi connectivity index (χ2v) is 10.5. The van der Waals surface area contributed by atoms with Crippen LogP contribution in [0.3, 0.4) is 0 Å². The first kappa shape index (κ1) is 29.3. The normalized spacial score (nSPS) is 11.1. The van der Waals surface area contributed by atoms with Gasteiger partial charge in [-0.05, 0) is 90.1 Å². The first-order valence-electron chi connectivity index (χ1n) is 14.3. The van der Waals surface area contributed by atoms with Gasteiger partial charge in [-0.3, -0.25) is 9.59 Å². The Morgan fingerprint density at radius 1 is 0.837 bits per heavy atom. The Balaban J connectivity index is 1.31. The quantitative estimate of drug-likeness (QED) is 0.186. The molecule has 5 aromatic rings. The van der Waals surface area contributed by atoms with Gasteiger partial charge >= 0.3 is 0 Å². The predicted octanol–water partition coefficient (Wildman–Crippen LogP) is 7.10. The highest BCUT2D eigenvalue weighted by molar-refractivity contribution is 5.95. The van der Waals surface area contributed by atoms with Gasteiger partial charge in [0, 0.05) is 36.3 Å². The molecule has 6 nitrogen and oxygen atoms in total. The number of benzene rings is 4. The molecule has 0 unspecified atom stereocenters. The van der Waals surface area contributed by atoms with Crippen LogP contribution in [0.15, 0.2) is 97.1 Å². The van der Waals surface area contributed by atoms with E-state index in [1.165, 1.54) is 6.08 Å². The lowest BCUT2D eigenvalue weighted by Crippen LogP contribution is -2.20. The van der Waals surface area contributed by atoms with Crippen LogP contribution in [0.25, 0.3) is 28.1 Å². The maximum absolute atomic E-state index is 12.7. The number of nitrogens with one attached hydrogen (secondary N) is 2. The van der Waals surface area contributed by atoms with Gasteiger partial charge in [0.1, 0.15) is 17.9 Å². The Labute approximate surface area is 252 Å². The highest BCUT2D eigenvalue weighted by Gasteiger charge is 2.14. The minimum atomic E-state index is -0.196. The maximum Gasteiger partial charge on any atom is 0.251 e. The summed E-state index contributed by atoms with van der Waals surface area (Å²) in [4.78, 5) is 29.1. The van der Waals surface area contributed by atoms with Crippen molar-refractivity contribution in [1.29, 1.82) is 0 Å². The van der Waals surface area contributed by atoms with E-state index >= 15 is 0 Å². The van der Waals surface area contributed by atoms with Crippen molar-refractivity contribution in [3.8, 4) is 16.9 Å². The number of nitrogens with zero attached hydrogens (tertiary/aromatic N) is 1. The molecule has 5 rings (SSSR count). The molecule has 2 N–H and O–H groups in total. The molecule has 1 aromatic heterocycles. The van der Waals surface area contributed by atoms with Crippen molar-refractivity contribution in [2.45, 2.75) is 33.9 Å². The second kappa shape index (κ2) is 13.2. The van der Waals surface area contributed by atoms with E-state index < -0.39 is 0 Å². The van der Waals surface area contributed by atoms with Crippen LogP contribution < -0.4 is 15.4 Å². The van der Waals surface area contributed by atoms with Crippen molar-refractivity contribution >= 4 is 28.8 Å². The highest BCUT2D eigenvalue weighted by atomic mass is 16.5. The van der Waals surface area contributed by atoms with Crippen molar-refractivity contribution in [1.82, 2.24) is 15.6 Å². The fourth-order valence-electron chi connectivity index (χ4n) is 5.13. The van der Waals surface area contributed by atoms with Crippen LogP contribution in [-0.2, 0) is 17.9 Å². The van der Waals surface area contributed by atoms with Gasteiger partial charge in [0.2, 0.25) is 5.91 Å². The third-order valence-electron chi connectivity index (χ3n) is 7.61. The molecule has 0 aliphatic rings. The fraction of sp³-hybridized carbons (Fsp3) is 0.162. The minimum absolute atomic E-state index is 0.146. The molecule has 0 saturated heterocycles. The molecular weight excluding hydrogens is 534 g/mol. The molecule has 0 aliphatic carbocycles. The topological polar surface area (TPSA) is 80.3 Å². The van der Waals surface area contributed by atoms with E-state index in [0.29, 0.717) is 18.7 Å². The maximum atomic E-state index is 12.7. The van der Waals surface area contributed by atoms with E-state index in [0.717, 1.165) is 61.3 Å². The molecule has 0 aliphatic heterocycles. The third-order valence-corrected chi connectivity index (χ3v) is 7.61. The molecule has 0 fully saturated rings. The van der Waals surface area contributed by atoms with Gasteiger partial charge in [0.25, 0.3) is 5.91 Å². The van der Waals surface area contributed by atoms with Gasteiger partial charge in [-0.15, -0.1) is 0 Å². The summed E-state index contributed by atoms with van der Waals surface area (Å²) in [5.41, 5.74) is 9.85. The molecule has 0 radical (unpaired) electrons. The highest BCUT2D eigenvalue weighted by Crippen LogP contribution is 2.32. The van der Waals surface area contributed by atoms with Crippen LogP contribution in [-0.4, -0.2) is 23.8 Å². The van der Waals surface area contributed by atoms with E-state index in [-0.39, 0.29) is 11.8 Å². The molecule has 216 valence electrons. The Kier molecular flexibility index (Phi) is 8.96. The Morgan fingerprint density at radius 3 is 2.42 bits per heavy atom. The molecule has 2 amide bonds. The van der Waals surface area contributed by atoms with Crippen LogP contribution in [0.2, 0.25) is 0 Å². The second-order valence-electron chi connectivity index (χ2n) is 10.5. The largest absolute Gasteiger partial charge is 0.487 e. The summed E-state index contributed by atoms with van der Waals surface area (Å²) in [6.07, 6.45) is 3.24. The number of amides is 2. The number of hydrogen-bond donors (Lipinski definition) is 2. The molecule has 6 heteroatoms. The van der Waals surface area contributed by atoms with Crippen LogP contribution >= 0.6 is 0 Å². The minimum Gasteiger partial charge on any atom is -0.487 e. The SMILES string of the molecule is CNC(=O)c1ccc(C=CC(=O)NCc2ccccc2-c2ccc(C)c(COc3cccc4ccc(C)nc34)c2C)cc1. The molecule has 0 bridgehead atoms. The van der Waals surface area contributed by atoms with Gasteiger partial charge in [-0.1, -0.05) is 66.7 Å². The number of aryl methyl sites for hydroxylation is 2. The number of carbonyl (C=O) groups is 2. The van der Waals surface area contributed by atoms with E-state index in [1.54, 1.807) is 25.3 Å². The summed E-state index contributed by atoms with van der Waals surface area (Å²) in [7, 11) is 1.60. The first-order valence-corrected chi connectivity index (χ1v) is 14.3. The van der Waals surface area contributed by atoms with Crippen molar-refractivity contribution in [2.75, 3.05) is 7.05 Å². The van der Waals surface area contributed by atoms with E-state index in [9.17, 15) is 9.59 Å². The predicted molar refractivity (Wildman–Crippen MR) is 173 cm³/mol. The van der Waals surface area contributed by atoms with E-state index in [2.05, 4.69) is 48.7 Å². The number of para-hydroxylation sites is 1. The van der Waals surface area contributed by atoms with Gasteiger partial charge in [-0.25, -0.2) is 4.98 Å². The lowest BCUT2D eigenvalue weighted by molar-refractivity contribution is -0.116. The molecule has 0 spiro atoms. The monoisotopic (exact) mass is 569 g/mol. The fourth-order valence-corrected chi connectivity index (χ4v) is 5.13. The van der Waals surface area contributed by atoms with E-state index in [4.69, 9.17) is 9.72 Å². The summed E-state index contributed by atoms with van der Waals surface area (Å²) in [5.74, 6) is 0.426. The van der Waals surface area contributed by atoms with Gasteiger partial charge in [0.15, 0.2) is 0 Å². The zero-order valence-corrected chi connectivity index (χ0v) is 24.9. The number of ether oxygens (including phenoxy) is 1. The third kappa shape index (κ3) is 6.81. The Morgan fingerprint density at radius 2 is 1.63 bits per heavy atom. The van der Waals surface area contributed by atoms with Crippen LogP contribution in [0, 0.1) is 20.8 Å². The van der Waals surface area contributed by atoms with Crippen LogP contribution in [0.5, 0.6) is 5.75 Å². The van der Waals surface area contributed by atoms with Crippen LogP contribution in [0.4, 0.5) is 0 Å². The molecular formula is C37H35N3O3. The molecule has 0 saturated carbocycles. The molecule has 1 heterocycles. The van der Waals surface area contributed by atoms with Gasteiger partial charge < -0.3 is 15.4 Å². The summed E-state index contributed by atoms with van der Waals surface area (Å²) >= 11 is 0. The molecule has 43 heavy (non-hydrogen) atoms. The lowest BCUT2D eigenvalue weighted by Gasteiger charge is -2.18. The number of aromatic nitrogens is 1. The summed E-state index contributed by atoms with van der Waals surface area (Å²) < 4.78 is 6.36. The van der Waals surface area contributed by atoms with E-state index in [1.807, 2.05) is 61.5 Å². The summed E-state index contributed by atoms with van der Waals surface area (Å²) in [6.45, 7) is 7.02. The first-order chi connectivity index (χ1) is 20.8. The smallest absolute Gasteiger partial charge is 0.251 e. The average molecular weight is 570 g/mol. The zero-order valence-electron chi connectivity index (χ0n) is 24.9. The Bertz CT molecular complexity index is 1820. The lowest BCUT2D eigenvalue weighted by atomic mass is 9.91. The van der Waals surface area contributed by atoms with Crippen molar-refractivity contribution in [3.05, 3.63) is 136 Å².